The monoisotopic (exact) mass is 447 g/mol. The fraction of sp³-hybridized carbons (Fsp3) is 0.400. The molecule has 0 unspecified atom stereocenters. The lowest BCUT2D eigenvalue weighted by Crippen LogP contribution is -2.37. The zero-order chi connectivity index (χ0) is 15.4. The number of nitrogens with zero attached hydrogens (tertiary/aromatic N) is 3. The Kier molecular flexibility index (Phi) is 6.64. The maximum absolute atomic E-state index is 5.97. The molecule has 1 heterocycles. The van der Waals surface area contributed by atoms with Crippen LogP contribution in [0.3, 0.4) is 0 Å². The fourth-order valence-corrected chi connectivity index (χ4v) is 2.20. The minimum atomic E-state index is 0. The van der Waals surface area contributed by atoms with Crippen molar-refractivity contribution in [3.05, 3.63) is 35.2 Å². The van der Waals surface area contributed by atoms with E-state index in [2.05, 4.69) is 25.8 Å². The summed E-state index contributed by atoms with van der Waals surface area (Å²) in [6.07, 6.45) is 2.60. The molecule has 1 saturated carbocycles. The van der Waals surface area contributed by atoms with E-state index in [-0.39, 0.29) is 24.0 Å². The molecule has 3 rings (SSSR count). The van der Waals surface area contributed by atoms with Crippen LogP contribution in [0.1, 0.15) is 18.7 Å². The molecule has 0 bridgehead atoms. The van der Waals surface area contributed by atoms with Gasteiger partial charge in [-0.15, -0.1) is 24.0 Å². The summed E-state index contributed by atoms with van der Waals surface area (Å²) in [6.45, 7) is 1.38. The van der Waals surface area contributed by atoms with Gasteiger partial charge in [-0.05, 0) is 30.9 Å². The number of rotatable bonds is 5. The molecule has 1 aromatic heterocycles. The third-order valence-electron chi connectivity index (χ3n) is 3.44. The second-order valence-corrected chi connectivity index (χ2v) is 5.71. The third kappa shape index (κ3) is 5.35. The van der Waals surface area contributed by atoms with Gasteiger partial charge in [0.25, 0.3) is 0 Å². The number of aliphatic imine (C=N–C) groups is 1. The van der Waals surface area contributed by atoms with Crippen LogP contribution in [0.25, 0.3) is 11.4 Å². The van der Waals surface area contributed by atoms with Gasteiger partial charge in [0, 0.05) is 24.2 Å². The van der Waals surface area contributed by atoms with Crippen molar-refractivity contribution in [2.75, 3.05) is 13.6 Å². The molecular weight excluding hydrogens is 429 g/mol. The van der Waals surface area contributed by atoms with Gasteiger partial charge in [0.05, 0.1) is 6.54 Å². The smallest absolute Gasteiger partial charge is 0.246 e. The van der Waals surface area contributed by atoms with Crippen LogP contribution < -0.4 is 10.6 Å². The van der Waals surface area contributed by atoms with Crippen molar-refractivity contribution < 1.29 is 4.52 Å². The summed E-state index contributed by atoms with van der Waals surface area (Å²) in [4.78, 5) is 8.52. The molecule has 0 aliphatic heterocycles. The molecule has 2 aromatic rings. The van der Waals surface area contributed by atoms with Crippen molar-refractivity contribution in [3.63, 3.8) is 0 Å². The van der Waals surface area contributed by atoms with E-state index in [9.17, 15) is 0 Å². The predicted octanol–water partition coefficient (Wildman–Crippen LogP) is 3.08. The Morgan fingerprint density at radius 3 is 2.91 bits per heavy atom. The highest BCUT2D eigenvalue weighted by Gasteiger charge is 2.21. The van der Waals surface area contributed by atoms with Gasteiger partial charge < -0.3 is 15.2 Å². The molecule has 0 atom stereocenters. The number of aromatic nitrogens is 2. The number of hydrogen-bond donors (Lipinski definition) is 2. The highest BCUT2D eigenvalue weighted by atomic mass is 127. The maximum Gasteiger partial charge on any atom is 0.246 e. The molecule has 0 saturated heterocycles. The summed E-state index contributed by atoms with van der Waals surface area (Å²) in [6, 6.07) is 7.36. The predicted molar refractivity (Wildman–Crippen MR) is 101 cm³/mol. The van der Waals surface area contributed by atoms with Crippen molar-refractivity contribution in [2.24, 2.45) is 10.9 Å². The molecule has 1 aromatic carbocycles. The van der Waals surface area contributed by atoms with Crippen LogP contribution in [0.15, 0.2) is 33.8 Å². The van der Waals surface area contributed by atoms with Crippen LogP contribution in [0.4, 0.5) is 0 Å². The number of guanidine groups is 1. The third-order valence-corrected chi connectivity index (χ3v) is 3.67. The molecule has 1 aliphatic carbocycles. The fourth-order valence-electron chi connectivity index (χ4n) is 2.01. The van der Waals surface area contributed by atoms with Crippen LogP contribution in [-0.4, -0.2) is 29.7 Å². The van der Waals surface area contributed by atoms with E-state index < -0.39 is 0 Å². The molecule has 23 heavy (non-hydrogen) atoms. The van der Waals surface area contributed by atoms with Crippen LogP contribution in [-0.2, 0) is 6.54 Å². The molecule has 1 fully saturated rings. The Hall–Kier alpha value is -1.35. The molecule has 124 valence electrons. The zero-order valence-electron chi connectivity index (χ0n) is 12.8. The molecule has 8 heteroatoms. The van der Waals surface area contributed by atoms with E-state index >= 15 is 0 Å². The largest absolute Gasteiger partial charge is 0.356 e. The molecule has 0 radical (unpaired) electrons. The number of halogens is 2. The number of hydrogen-bond acceptors (Lipinski definition) is 4. The van der Waals surface area contributed by atoms with Gasteiger partial charge in [0.2, 0.25) is 11.7 Å². The number of benzene rings is 1. The summed E-state index contributed by atoms with van der Waals surface area (Å²) >= 11 is 5.97. The van der Waals surface area contributed by atoms with Gasteiger partial charge >= 0.3 is 0 Å². The lowest BCUT2D eigenvalue weighted by molar-refractivity contribution is 0.375. The molecule has 1 aliphatic rings. The van der Waals surface area contributed by atoms with Gasteiger partial charge in [-0.1, -0.05) is 28.9 Å². The minimum absolute atomic E-state index is 0. The van der Waals surface area contributed by atoms with E-state index in [1.165, 1.54) is 12.8 Å². The number of nitrogens with one attached hydrogen (secondary N) is 2. The second-order valence-electron chi connectivity index (χ2n) is 5.27. The van der Waals surface area contributed by atoms with Crippen molar-refractivity contribution in [3.8, 4) is 11.4 Å². The molecule has 0 amide bonds. The van der Waals surface area contributed by atoms with Gasteiger partial charge in [-0.25, -0.2) is 0 Å². The maximum atomic E-state index is 5.97. The van der Waals surface area contributed by atoms with Gasteiger partial charge in [0.15, 0.2) is 5.96 Å². The Morgan fingerprint density at radius 1 is 1.39 bits per heavy atom. The first-order valence-corrected chi connectivity index (χ1v) is 7.65. The van der Waals surface area contributed by atoms with E-state index in [0.717, 1.165) is 24.0 Å². The highest BCUT2D eigenvalue weighted by Crippen LogP contribution is 2.27. The van der Waals surface area contributed by atoms with Crippen LogP contribution >= 0.6 is 35.6 Å². The summed E-state index contributed by atoms with van der Waals surface area (Å²) in [5.41, 5.74) is 0.832. The zero-order valence-corrected chi connectivity index (χ0v) is 15.8. The molecule has 6 nitrogen and oxygen atoms in total. The second kappa shape index (κ2) is 8.49. The first-order chi connectivity index (χ1) is 10.7. The van der Waals surface area contributed by atoms with Gasteiger partial charge in [-0.2, -0.15) is 4.98 Å². The summed E-state index contributed by atoms with van der Waals surface area (Å²) in [5, 5.41) is 11.1. The highest BCUT2D eigenvalue weighted by molar-refractivity contribution is 14.0. The topological polar surface area (TPSA) is 75.3 Å². The van der Waals surface area contributed by atoms with Gasteiger partial charge in [-0.3, -0.25) is 4.99 Å². The normalized spacial score (nSPS) is 14.3. The van der Waals surface area contributed by atoms with E-state index in [1.807, 2.05) is 18.2 Å². The average Bonchev–Trinajstić information content (AvgIpc) is 3.23. The van der Waals surface area contributed by atoms with Crippen LogP contribution in [0.2, 0.25) is 5.02 Å². The Morgan fingerprint density at radius 2 is 2.22 bits per heavy atom. The van der Waals surface area contributed by atoms with Gasteiger partial charge in [0.1, 0.15) is 0 Å². The summed E-state index contributed by atoms with van der Waals surface area (Å²) < 4.78 is 5.24. The summed E-state index contributed by atoms with van der Waals surface area (Å²) in [5.74, 6) is 2.57. The molecular formula is C15H19ClIN5O. The quantitative estimate of drug-likeness (QED) is 0.419. The van der Waals surface area contributed by atoms with E-state index in [0.29, 0.717) is 23.3 Å². The molecule has 2 N–H and O–H groups in total. The first-order valence-electron chi connectivity index (χ1n) is 7.27. The van der Waals surface area contributed by atoms with E-state index in [1.54, 1.807) is 13.1 Å². The lowest BCUT2D eigenvalue weighted by atomic mass is 10.2. The molecule has 0 spiro atoms. The Bertz CT molecular complexity index is 671. The lowest BCUT2D eigenvalue weighted by Gasteiger charge is -2.09. The van der Waals surface area contributed by atoms with Crippen molar-refractivity contribution in [2.45, 2.75) is 19.4 Å². The van der Waals surface area contributed by atoms with Crippen LogP contribution in [0, 0.1) is 5.92 Å². The average molecular weight is 448 g/mol. The standard InChI is InChI=1S/C15H18ClN5O.HI/c1-17-15(18-8-10-5-6-10)19-9-13-20-14(21-22-13)11-3-2-4-12(16)7-11;/h2-4,7,10H,5-6,8-9H2,1H3,(H2,17,18,19);1H. The van der Waals surface area contributed by atoms with Crippen LogP contribution in [0.5, 0.6) is 0 Å². The Labute approximate surface area is 157 Å². The Balaban J connectivity index is 0.00000192. The van der Waals surface area contributed by atoms with Crippen molar-refractivity contribution in [1.82, 2.24) is 20.8 Å². The summed E-state index contributed by atoms with van der Waals surface area (Å²) in [7, 11) is 1.74. The van der Waals surface area contributed by atoms with E-state index in [4.69, 9.17) is 16.1 Å². The van der Waals surface area contributed by atoms with Crippen molar-refractivity contribution in [1.29, 1.82) is 0 Å². The van der Waals surface area contributed by atoms with Crippen molar-refractivity contribution >= 4 is 41.5 Å². The SMILES string of the molecule is CN=C(NCc1nc(-c2cccc(Cl)c2)no1)NCC1CC1.I. The first kappa shape index (κ1) is 18.0. The minimum Gasteiger partial charge on any atom is -0.356 e.